The van der Waals surface area contributed by atoms with Crippen LogP contribution in [0.2, 0.25) is 5.02 Å². The molecule has 0 saturated heterocycles. The topological polar surface area (TPSA) is 98.3 Å². The van der Waals surface area contributed by atoms with Gasteiger partial charge >= 0.3 is 0 Å². The van der Waals surface area contributed by atoms with Crippen LogP contribution in [0.5, 0.6) is 0 Å². The number of benzene rings is 1. The lowest BCUT2D eigenvalue weighted by Gasteiger charge is -2.11. The molecule has 0 unspecified atom stereocenters. The van der Waals surface area contributed by atoms with Crippen LogP contribution in [0, 0.1) is 10.1 Å². The maximum atomic E-state index is 11.7. The zero-order valence-corrected chi connectivity index (χ0v) is 9.90. The molecule has 0 bridgehead atoms. The van der Waals surface area contributed by atoms with Crippen molar-refractivity contribution in [1.29, 1.82) is 0 Å². The summed E-state index contributed by atoms with van der Waals surface area (Å²) >= 11 is 5.81. The Morgan fingerprint density at radius 1 is 1.65 bits per heavy atom. The molecule has 0 radical (unpaired) electrons. The van der Waals surface area contributed by atoms with E-state index < -0.39 is 10.8 Å². The Hall–Kier alpha value is -1.66. The molecule has 1 aromatic rings. The third kappa shape index (κ3) is 3.40. The summed E-state index contributed by atoms with van der Waals surface area (Å²) in [6, 6.07) is 3.48. The van der Waals surface area contributed by atoms with Crippen LogP contribution in [0.1, 0.15) is 17.3 Å². The van der Waals surface area contributed by atoms with Crippen LogP contribution < -0.4 is 11.1 Å². The Balaban J connectivity index is 3.00. The molecule has 1 amide bonds. The number of rotatable bonds is 4. The predicted octanol–water partition coefficient (Wildman–Crippen LogP) is 1.33. The Labute approximate surface area is 103 Å². The van der Waals surface area contributed by atoms with Gasteiger partial charge in [0.05, 0.1) is 15.5 Å². The maximum Gasteiger partial charge on any atom is 0.270 e. The van der Waals surface area contributed by atoms with E-state index in [1.807, 2.05) is 0 Å². The molecule has 0 aliphatic carbocycles. The van der Waals surface area contributed by atoms with E-state index in [0.717, 1.165) is 6.07 Å². The summed E-state index contributed by atoms with van der Waals surface area (Å²) in [6.07, 6.45) is 0. The summed E-state index contributed by atoms with van der Waals surface area (Å²) in [5, 5.41) is 13.3. The molecule has 92 valence electrons. The van der Waals surface area contributed by atoms with Gasteiger partial charge in [-0.15, -0.1) is 0 Å². The van der Waals surface area contributed by atoms with Crippen molar-refractivity contribution in [3.8, 4) is 0 Å². The largest absolute Gasteiger partial charge is 0.348 e. The quantitative estimate of drug-likeness (QED) is 0.628. The summed E-state index contributed by atoms with van der Waals surface area (Å²) < 4.78 is 0. The number of nitro groups is 1. The van der Waals surface area contributed by atoms with Crippen molar-refractivity contribution in [2.24, 2.45) is 5.73 Å². The lowest BCUT2D eigenvalue weighted by molar-refractivity contribution is -0.384. The Morgan fingerprint density at radius 3 is 2.82 bits per heavy atom. The van der Waals surface area contributed by atoms with E-state index in [0.29, 0.717) is 0 Å². The molecular weight excluding hydrogens is 246 g/mol. The highest BCUT2D eigenvalue weighted by Crippen LogP contribution is 2.21. The lowest BCUT2D eigenvalue weighted by Crippen LogP contribution is -2.37. The molecule has 1 rings (SSSR count). The third-order valence-electron chi connectivity index (χ3n) is 2.14. The predicted molar refractivity (Wildman–Crippen MR) is 64.1 cm³/mol. The monoisotopic (exact) mass is 257 g/mol. The molecule has 0 fully saturated rings. The van der Waals surface area contributed by atoms with E-state index in [4.69, 9.17) is 17.3 Å². The van der Waals surface area contributed by atoms with E-state index in [9.17, 15) is 14.9 Å². The number of nitrogens with two attached hydrogens (primary N) is 1. The molecule has 0 heterocycles. The van der Waals surface area contributed by atoms with Crippen LogP contribution in [0.25, 0.3) is 0 Å². The van der Waals surface area contributed by atoms with Crippen LogP contribution in [0.4, 0.5) is 5.69 Å². The van der Waals surface area contributed by atoms with Gasteiger partial charge in [0.15, 0.2) is 0 Å². The minimum absolute atomic E-state index is 0.0705. The minimum Gasteiger partial charge on any atom is -0.348 e. The molecule has 1 atom stereocenters. The number of nitrogens with one attached hydrogen (secondary N) is 1. The van der Waals surface area contributed by atoms with Crippen molar-refractivity contribution in [1.82, 2.24) is 5.32 Å². The van der Waals surface area contributed by atoms with Crippen LogP contribution in [0.15, 0.2) is 18.2 Å². The molecule has 7 heteroatoms. The summed E-state index contributed by atoms with van der Waals surface area (Å²) in [5.74, 6) is -0.475. The number of hydrogen-bond donors (Lipinski definition) is 2. The first-order chi connectivity index (χ1) is 7.95. The molecule has 17 heavy (non-hydrogen) atoms. The van der Waals surface area contributed by atoms with Gasteiger partial charge in [-0.3, -0.25) is 14.9 Å². The average Bonchev–Trinajstić information content (AvgIpc) is 2.28. The van der Waals surface area contributed by atoms with Crippen molar-refractivity contribution >= 4 is 23.2 Å². The lowest BCUT2D eigenvalue weighted by atomic mass is 10.1. The zero-order chi connectivity index (χ0) is 13.0. The van der Waals surface area contributed by atoms with Gasteiger partial charge in [-0.05, 0) is 13.0 Å². The smallest absolute Gasteiger partial charge is 0.270 e. The van der Waals surface area contributed by atoms with Crippen LogP contribution in [-0.2, 0) is 0 Å². The van der Waals surface area contributed by atoms with Gasteiger partial charge in [0, 0.05) is 24.7 Å². The third-order valence-corrected chi connectivity index (χ3v) is 2.47. The van der Waals surface area contributed by atoms with E-state index in [-0.39, 0.29) is 28.9 Å². The van der Waals surface area contributed by atoms with Gasteiger partial charge in [0.2, 0.25) is 0 Å². The van der Waals surface area contributed by atoms with Gasteiger partial charge in [-0.2, -0.15) is 0 Å². The average molecular weight is 258 g/mol. The molecule has 0 spiro atoms. The van der Waals surface area contributed by atoms with Crippen LogP contribution >= 0.6 is 11.6 Å². The molecule has 0 aromatic heterocycles. The van der Waals surface area contributed by atoms with Gasteiger partial charge in [-0.1, -0.05) is 11.6 Å². The van der Waals surface area contributed by atoms with E-state index in [1.165, 1.54) is 12.1 Å². The maximum absolute atomic E-state index is 11.7. The van der Waals surface area contributed by atoms with Crippen LogP contribution in [0.3, 0.4) is 0 Å². The van der Waals surface area contributed by atoms with Gasteiger partial charge in [0.25, 0.3) is 11.6 Å². The highest BCUT2D eigenvalue weighted by atomic mass is 35.5. The second-order valence-electron chi connectivity index (χ2n) is 3.53. The summed E-state index contributed by atoms with van der Waals surface area (Å²) in [6.45, 7) is 2.00. The second kappa shape index (κ2) is 5.60. The van der Waals surface area contributed by atoms with E-state index in [1.54, 1.807) is 6.92 Å². The number of hydrogen-bond acceptors (Lipinski definition) is 4. The van der Waals surface area contributed by atoms with Crippen molar-refractivity contribution in [2.45, 2.75) is 13.0 Å². The normalized spacial score (nSPS) is 11.9. The summed E-state index contributed by atoms with van der Waals surface area (Å²) in [7, 11) is 0. The van der Waals surface area contributed by atoms with Crippen molar-refractivity contribution < 1.29 is 9.72 Å². The number of amides is 1. The summed E-state index contributed by atoms with van der Waals surface area (Å²) in [4.78, 5) is 21.7. The Morgan fingerprint density at radius 2 is 2.29 bits per heavy atom. The SMILES string of the molecule is C[C@H](CN)NC(=O)c1cc([N+](=O)[O-])ccc1Cl. The first kappa shape index (κ1) is 13.4. The second-order valence-corrected chi connectivity index (χ2v) is 3.94. The number of nitrogens with zero attached hydrogens (tertiary/aromatic N) is 1. The Bertz CT molecular complexity index is 450. The minimum atomic E-state index is -0.584. The highest BCUT2D eigenvalue weighted by molar-refractivity contribution is 6.33. The number of nitro benzene ring substituents is 1. The fraction of sp³-hybridized carbons (Fsp3) is 0.300. The van der Waals surface area contributed by atoms with E-state index >= 15 is 0 Å². The molecule has 0 aliphatic heterocycles. The number of halogens is 1. The van der Waals surface area contributed by atoms with E-state index in [2.05, 4.69) is 5.32 Å². The standard InChI is InChI=1S/C10H12ClN3O3/c1-6(5-12)13-10(15)8-4-7(14(16)17)2-3-9(8)11/h2-4,6H,5,12H2,1H3,(H,13,15)/t6-/m1/s1. The molecule has 1 aromatic carbocycles. The fourth-order valence-electron chi connectivity index (χ4n) is 1.16. The first-order valence-electron chi connectivity index (χ1n) is 4.90. The summed E-state index contributed by atoms with van der Waals surface area (Å²) in [5.41, 5.74) is 5.25. The van der Waals surface area contributed by atoms with Crippen molar-refractivity contribution in [3.05, 3.63) is 38.9 Å². The number of carbonyl (C=O) groups is 1. The molecule has 0 saturated carbocycles. The van der Waals surface area contributed by atoms with Gasteiger partial charge < -0.3 is 11.1 Å². The highest BCUT2D eigenvalue weighted by Gasteiger charge is 2.16. The molecular formula is C10H12ClN3O3. The van der Waals surface area contributed by atoms with Crippen molar-refractivity contribution in [2.75, 3.05) is 6.54 Å². The fourth-order valence-corrected chi connectivity index (χ4v) is 1.36. The Kier molecular flexibility index (Phi) is 4.42. The number of non-ortho nitro benzene ring substituents is 1. The molecule has 0 aliphatic rings. The zero-order valence-electron chi connectivity index (χ0n) is 9.14. The van der Waals surface area contributed by atoms with Gasteiger partial charge in [-0.25, -0.2) is 0 Å². The number of carbonyl (C=O) groups excluding carboxylic acids is 1. The molecule has 6 nitrogen and oxygen atoms in total. The van der Waals surface area contributed by atoms with Crippen molar-refractivity contribution in [3.63, 3.8) is 0 Å². The molecule has 3 N–H and O–H groups in total. The van der Waals surface area contributed by atoms with Crippen LogP contribution in [-0.4, -0.2) is 23.4 Å². The van der Waals surface area contributed by atoms with Gasteiger partial charge in [0.1, 0.15) is 0 Å². The first-order valence-corrected chi connectivity index (χ1v) is 5.28.